The van der Waals surface area contributed by atoms with Crippen LogP contribution in [0.15, 0.2) is 24.3 Å². The van der Waals surface area contributed by atoms with Gasteiger partial charge in [0.1, 0.15) is 0 Å². The van der Waals surface area contributed by atoms with E-state index in [1.807, 2.05) is 0 Å². The van der Waals surface area contributed by atoms with Crippen molar-refractivity contribution in [2.75, 3.05) is 31.6 Å². The van der Waals surface area contributed by atoms with Crippen LogP contribution in [-0.2, 0) is 10.9 Å². The second-order valence-corrected chi connectivity index (χ2v) is 3.83. The Hall–Kier alpha value is -1.80. The number of anilines is 1. The third kappa shape index (κ3) is 5.45. The van der Waals surface area contributed by atoms with Crippen molar-refractivity contribution in [1.29, 1.82) is 0 Å². The summed E-state index contributed by atoms with van der Waals surface area (Å²) in [4.78, 5) is 11.5. The molecule has 0 aromatic heterocycles. The Kier molecular flexibility index (Phi) is 6.26. The van der Waals surface area contributed by atoms with Gasteiger partial charge in [-0.25, -0.2) is 4.79 Å². The fourth-order valence-corrected chi connectivity index (χ4v) is 1.43. The van der Waals surface area contributed by atoms with Crippen LogP contribution >= 0.6 is 0 Å². The minimum atomic E-state index is -4.52. The third-order valence-corrected chi connectivity index (χ3v) is 2.27. The van der Waals surface area contributed by atoms with Crippen LogP contribution in [0.25, 0.3) is 0 Å². The van der Waals surface area contributed by atoms with Crippen molar-refractivity contribution in [3.63, 3.8) is 0 Å². The molecule has 0 saturated carbocycles. The van der Waals surface area contributed by atoms with E-state index in [4.69, 9.17) is 10.5 Å². The highest BCUT2D eigenvalue weighted by Gasteiger charge is 2.33. The Balaban J connectivity index is 2.50. The van der Waals surface area contributed by atoms with Crippen molar-refractivity contribution in [1.82, 2.24) is 5.32 Å². The van der Waals surface area contributed by atoms with Crippen LogP contribution in [0.4, 0.5) is 23.7 Å². The minimum absolute atomic E-state index is 0.181. The molecule has 0 unspecified atom stereocenters. The van der Waals surface area contributed by atoms with E-state index < -0.39 is 17.8 Å². The summed E-state index contributed by atoms with van der Waals surface area (Å²) in [6.45, 7) is 1.15. The van der Waals surface area contributed by atoms with Gasteiger partial charge in [0, 0.05) is 13.1 Å². The number of amides is 2. The molecule has 0 atom stereocenters. The van der Waals surface area contributed by atoms with Gasteiger partial charge in [-0.1, -0.05) is 12.1 Å². The van der Waals surface area contributed by atoms with Crippen molar-refractivity contribution < 1.29 is 22.7 Å². The number of hydrogen-bond donors (Lipinski definition) is 3. The average Bonchev–Trinajstić information content (AvgIpc) is 2.38. The van der Waals surface area contributed by atoms with Gasteiger partial charge >= 0.3 is 12.2 Å². The van der Waals surface area contributed by atoms with Crippen molar-refractivity contribution in [2.45, 2.75) is 6.18 Å². The number of urea groups is 1. The first kappa shape index (κ1) is 16.3. The van der Waals surface area contributed by atoms with Crippen molar-refractivity contribution in [2.24, 2.45) is 5.73 Å². The Labute approximate surface area is 114 Å². The lowest BCUT2D eigenvalue weighted by molar-refractivity contribution is -0.136. The Bertz CT molecular complexity index is 438. The van der Waals surface area contributed by atoms with Gasteiger partial charge in [-0.15, -0.1) is 0 Å². The van der Waals surface area contributed by atoms with E-state index in [-0.39, 0.29) is 18.8 Å². The van der Waals surface area contributed by atoms with Gasteiger partial charge in [0.2, 0.25) is 0 Å². The summed E-state index contributed by atoms with van der Waals surface area (Å²) in [7, 11) is 0. The predicted molar refractivity (Wildman–Crippen MR) is 68.3 cm³/mol. The zero-order chi connectivity index (χ0) is 15.0. The molecule has 0 aliphatic heterocycles. The van der Waals surface area contributed by atoms with Crippen molar-refractivity contribution >= 4 is 11.7 Å². The highest BCUT2D eigenvalue weighted by atomic mass is 19.4. The quantitative estimate of drug-likeness (QED) is 0.699. The molecule has 0 saturated heterocycles. The molecule has 0 bridgehead atoms. The summed E-state index contributed by atoms with van der Waals surface area (Å²) in [6, 6.07) is 4.03. The van der Waals surface area contributed by atoms with Crippen LogP contribution in [0.3, 0.4) is 0 Å². The second kappa shape index (κ2) is 7.71. The lowest BCUT2D eigenvalue weighted by atomic mass is 10.1. The standard InChI is InChI=1S/C12H16F3N3O2/c13-12(14,15)9-3-1-2-4-10(9)18-11(19)17-6-8-20-7-5-16/h1-4H,5-8,16H2,(H2,17,18,19). The summed E-state index contributed by atoms with van der Waals surface area (Å²) in [5.74, 6) is 0. The second-order valence-electron chi connectivity index (χ2n) is 3.83. The molecule has 0 fully saturated rings. The van der Waals surface area contributed by atoms with Gasteiger partial charge < -0.3 is 21.1 Å². The number of benzene rings is 1. The molecule has 0 radical (unpaired) electrons. The molecule has 5 nitrogen and oxygen atoms in total. The van der Waals surface area contributed by atoms with E-state index in [2.05, 4.69) is 10.6 Å². The number of para-hydroxylation sites is 1. The number of alkyl halides is 3. The van der Waals surface area contributed by atoms with E-state index in [1.165, 1.54) is 18.2 Å². The van der Waals surface area contributed by atoms with Gasteiger partial charge in [0.15, 0.2) is 0 Å². The van der Waals surface area contributed by atoms with Gasteiger partial charge in [-0.3, -0.25) is 0 Å². The highest BCUT2D eigenvalue weighted by Crippen LogP contribution is 2.34. The van der Waals surface area contributed by atoms with E-state index >= 15 is 0 Å². The molecule has 0 aliphatic carbocycles. The molecule has 4 N–H and O–H groups in total. The molecule has 0 aliphatic rings. The number of carbonyl (C=O) groups excluding carboxylic acids is 1. The van der Waals surface area contributed by atoms with Crippen molar-refractivity contribution in [3.05, 3.63) is 29.8 Å². The number of ether oxygens (including phenoxy) is 1. The fourth-order valence-electron chi connectivity index (χ4n) is 1.43. The molecular weight excluding hydrogens is 275 g/mol. The van der Waals surface area contributed by atoms with Gasteiger partial charge in [-0.2, -0.15) is 13.2 Å². The van der Waals surface area contributed by atoms with Crippen LogP contribution < -0.4 is 16.4 Å². The number of nitrogens with one attached hydrogen (secondary N) is 2. The first-order chi connectivity index (χ1) is 9.45. The summed E-state index contributed by atoms with van der Waals surface area (Å²) >= 11 is 0. The van der Waals surface area contributed by atoms with Crippen LogP contribution in [0.2, 0.25) is 0 Å². The number of hydrogen-bond acceptors (Lipinski definition) is 3. The normalized spacial score (nSPS) is 11.2. The van der Waals surface area contributed by atoms with Crippen LogP contribution in [-0.4, -0.2) is 32.3 Å². The Morgan fingerprint density at radius 1 is 1.25 bits per heavy atom. The number of rotatable bonds is 6. The van der Waals surface area contributed by atoms with Crippen LogP contribution in [0, 0.1) is 0 Å². The predicted octanol–water partition coefficient (Wildman–Crippen LogP) is 1.80. The highest BCUT2D eigenvalue weighted by molar-refractivity contribution is 5.90. The number of nitrogens with two attached hydrogens (primary N) is 1. The summed E-state index contributed by atoms with van der Waals surface area (Å²) in [5.41, 5.74) is 4.01. The van der Waals surface area contributed by atoms with E-state index in [0.717, 1.165) is 6.07 Å². The number of carbonyl (C=O) groups is 1. The zero-order valence-corrected chi connectivity index (χ0v) is 10.7. The first-order valence-corrected chi connectivity index (χ1v) is 5.94. The van der Waals surface area contributed by atoms with Crippen molar-refractivity contribution in [3.8, 4) is 0 Å². The fraction of sp³-hybridized carbons (Fsp3) is 0.417. The van der Waals surface area contributed by atoms with E-state index in [0.29, 0.717) is 13.2 Å². The first-order valence-electron chi connectivity index (χ1n) is 5.94. The molecule has 8 heteroatoms. The lowest BCUT2D eigenvalue weighted by Crippen LogP contribution is -2.32. The average molecular weight is 291 g/mol. The maximum Gasteiger partial charge on any atom is 0.418 e. The van der Waals surface area contributed by atoms with Gasteiger partial charge in [0.05, 0.1) is 24.5 Å². The smallest absolute Gasteiger partial charge is 0.378 e. The molecule has 1 aromatic carbocycles. The molecule has 0 heterocycles. The number of halogens is 3. The molecule has 0 spiro atoms. The summed E-state index contributed by atoms with van der Waals surface area (Å²) in [6.07, 6.45) is -4.52. The molecule has 112 valence electrons. The largest absolute Gasteiger partial charge is 0.418 e. The SMILES string of the molecule is NCCOCCNC(=O)Nc1ccccc1C(F)(F)F. The van der Waals surface area contributed by atoms with Gasteiger partial charge in [0.25, 0.3) is 0 Å². The molecule has 1 rings (SSSR count). The molecule has 1 aromatic rings. The monoisotopic (exact) mass is 291 g/mol. The Morgan fingerprint density at radius 2 is 1.95 bits per heavy atom. The summed E-state index contributed by atoms with van der Waals surface area (Å²) < 4.78 is 43.1. The maximum atomic E-state index is 12.7. The van der Waals surface area contributed by atoms with Crippen LogP contribution in [0.1, 0.15) is 5.56 Å². The third-order valence-electron chi connectivity index (χ3n) is 2.27. The summed E-state index contributed by atoms with van der Waals surface area (Å²) in [5, 5.41) is 4.54. The Morgan fingerprint density at radius 3 is 2.60 bits per heavy atom. The lowest BCUT2D eigenvalue weighted by Gasteiger charge is -2.14. The van der Waals surface area contributed by atoms with Gasteiger partial charge in [-0.05, 0) is 12.1 Å². The van der Waals surface area contributed by atoms with Crippen LogP contribution in [0.5, 0.6) is 0 Å². The maximum absolute atomic E-state index is 12.7. The zero-order valence-electron chi connectivity index (χ0n) is 10.7. The van der Waals surface area contributed by atoms with E-state index in [1.54, 1.807) is 0 Å². The molecule has 2 amide bonds. The molecule has 20 heavy (non-hydrogen) atoms. The minimum Gasteiger partial charge on any atom is -0.378 e. The van der Waals surface area contributed by atoms with E-state index in [9.17, 15) is 18.0 Å². The molecular formula is C12H16F3N3O2. The topological polar surface area (TPSA) is 76.4 Å².